The molecule has 1 saturated heterocycles. The van der Waals surface area contributed by atoms with Crippen molar-refractivity contribution in [1.82, 2.24) is 5.32 Å². The van der Waals surface area contributed by atoms with Crippen molar-refractivity contribution in [2.75, 3.05) is 13.7 Å². The highest BCUT2D eigenvalue weighted by Gasteiger charge is 2.33. The molecular weight excluding hydrogens is 260 g/mol. The van der Waals surface area contributed by atoms with Gasteiger partial charge in [-0.3, -0.25) is 0 Å². The molecule has 1 fully saturated rings. The molecular formula is C13H16ClF2NO. The van der Waals surface area contributed by atoms with Crippen molar-refractivity contribution >= 4 is 11.6 Å². The van der Waals surface area contributed by atoms with Crippen molar-refractivity contribution in [2.24, 2.45) is 5.92 Å². The molecule has 1 aliphatic rings. The quantitative estimate of drug-likeness (QED) is 0.855. The third-order valence-electron chi connectivity index (χ3n) is 3.55. The first-order valence-electron chi connectivity index (χ1n) is 5.98. The molecule has 0 radical (unpaired) electrons. The Hall–Kier alpha value is -0.710. The van der Waals surface area contributed by atoms with Crippen LogP contribution in [0.1, 0.15) is 24.9 Å². The normalized spacial score (nSPS) is 25.4. The predicted molar refractivity (Wildman–Crippen MR) is 66.7 cm³/mol. The summed E-state index contributed by atoms with van der Waals surface area (Å²) < 4.78 is 31.9. The van der Waals surface area contributed by atoms with Crippen LogP contribution in [0.15, 0.2) is 12.1 Å². The van der Waals surface area contributed by atoms with Crippen LogP contribution in [0.2, 0.25) is 5.02 Å². The Bertz CT molecular complexity index is 441. The first kappa shape index (κ1) is 13.7. The monoisotopic (exact) mass is 275 g/mol. The molecule has 0 bridgehead atoms. The molecule has 0 aromatic heterocycles. The zero-order chi connectivity index (χ0) is 13.3. The second kappa shape index (κ2) is 5.51. The molecule has 3 atom stereocenters. The van der Waals surface area contributed by atoms with E-state index in [9.17, 15) is 8.78 Å². The van der Waals surface area contributed by atoms with Crippen molar-refractivity contribution < 1.29 is 13.5 Å². The predicted octanol–water partition coefficient (Wildman–Crippen LogP) is 3.30. The summed E-state index contributed by atoms with van der Waals surface area (Å²) in [6, 6.07) is 2.06. The third-order valence-corrected chi connectivity index (χ3v) is 3.88. The molecule has 1 heterocycles. The molecule has 0 spiro atoms. The number of hydrogen-bond acceptors (Lipinski definition) is 2. The lowest BCUT2D eigenvalue weighted by Crippen LogP contribution is -2.29. The van der Waals surface area contributed by atoms with E-state index < -0.39 is 11.6 Å². The molecule has 1 aliphatic heterocycles. The van der Waals surface area contributed by atoms with Crippen molar-refractivity contribution in [3.63, 3.8) is 0 Å². The van der Waals surface area contributed by atoms with Crippen molar-refractivity contribution in [2.45, 2.75) is 25.5 Å². The Kier molecular flexibility index (Phi) is 4.20. The fourth-order valence-corrected chi connectivity index (χ4v) is 2.83. The van der Waals surface area contributed by atoms with Crippen LogP contribution >= 0.6 is 11.6 Å². The second-order valence-corrected chi connectivity index (χ2v) is 4.99. The average Bonchev–Trinajstić information content (AvgIpc) is 2.73. The van der Waals surface area contributed by atoms with Gasteiger partial charge in [0.05, 0.1) is 6.10 Å². The van der Waals surface area contributed by atoms with E-state index in [0.717, 1.165) is 12.5 Å². The first-order valence-corrected chi connectivity index (χ1v) is 6.35. The Morgan fingerprint density at radius 1 is 1.39 bits per heavy atom. The van der Waals surface area contributed by atoms with Gasteiger partial charge in [0, 0.05) is 23.6 Å². The summed E-state index contributed by atoms with van der Waals surface area (Å²) in [5, 5.41) is 3.37. The molecule has 18 heavy (non-hydrogen) atoms. The smallest absolute Gasteiger partial charge is 0.160 e. The van der Waals surface area contributed by atoms with E-state index in [1.165, 1.54) is 6.07 Å². The Labute approximate surface area is 110 Å². The summed E-state index contributed by atoms with van der Waals surface area (Å²) in [5.41, 5.74) is 0.584. The zero-order valence-electron chi connectivity index (χ0n) is 10.3. The number of hydrogen-bond donors (Lipinski definition) is 1. The van der Waals surface area contributed by atoms with Gasteiger partial charge in [-0.2, -0.15) is 0 Å². The fraction of sp³-hybridized carbons (Fsp3) is 0.538. The van der Waals surface area contributed by atoms with Gasteiger partial charge in [-0.1, -0.05) is 11.6 Å². The van der Waals surface area contributed by atoms with Crippen LogP contribution in [-0.4, -0.2) is 19.8 Å². The van der Waals surface area contributed by atoms with E-state index in [0.29, 0.717) is 12.2 Å². The average molecular weight is 276 g/mol. The van der Waals surface area contributed by atoms with Gasteiger partial charge in [0.2, 0.25) is 0 Å². The van der Waals surface area contributed by atoms with E-state index in [2.05, 4.69) is 5.32 Å². The number of ether oxygens (including phenoxy) is 1. The summed E-state index contributed by atoms with van der Waals surface area (Å²) in [4.78, 5) is 0. The van der Waals surface area contributed by atoms with E-state index in [1.807, 2.05) is 6.92 Å². The molecule has 2 rings (SSSR count). The lowest BCUT2D eigenvalue weighted by Gasteiger charge is -2.26. The first-order chi connectivity index (χ1) is 8.54. The maximum Gasteiger partial charge on any atom is 0.160 e. The zero-order valence-corrected chi connectivity index (χ0v) is 11.1. The van der Waals surface area contributed by atoms with Crippen molar-refractivity contribution in [3.8, 4) is 0 Å². The highest BCUT2D eigenvalue weighted by Crippen LogP contribution is 2.36. The van der Waals surface area contributed by atoms with Gasteiger partial charge in [-0.05, 0) is 38.1 Å². The molecule has 0 aliphatic carbocycles. The van der Waals surface area contributed by atoms with E-state index in [-0.39, 0.29) is 23.1 Å². The molecule has 0 amide bonds. The van der Waals surface area contributed by atoms with Crippen LogP contribution in [-0.2, 0) is 4.74 Å². The minimum atomic E-state index is -0.922. The number of benzene rings is 1. The molecule has 100 valence electrons. The SMILES string of the molecule is CNC(c1cc(F)c(F)cc1Cl)C1CCOC1C. The standard InChI is InChI=1S/C13H16ClF2NO/c1-7-8(3-4-18-7)13(17-2)9-5-11(15)12(16)6-10(9)14/h5-8,13,17H,3-4H2,1-2H3. The van der Waals surface area contributed by atoms with Gasteiger partial charge >= 0.3 is 0 Å². The van der Waals surface area contributed by atoms with Crippen LogP contribution in [0.4, 0.5) is 8.78 Å². The lowest BCUT2D eigenvalue weighted by molar-refractivity contribution is 0.0962. The topological polar surface area (TPSA) is 21.3 Å². The third kappa shape index (κ3) is 2.51. The van der Waals surface area contributed by atoms with Crippen LogP contribution in [0.3, 0.4) is 0 Å². The van der Waals surface area contributed by atoms with E-state index in [1.54, 1.807) is 7.05 Å². The number of halogens is 3. The maximum absolute atomic E-state index is 13.3. The molecule has 5 heteroatoms. The highest BCUT2D eigenvalue weighted by atomic mass is 35.5. The summed E-state index contributed by atoms with van der Waals surface area (Å²) in [5.74, 6) is -1.59. The van der Waals surface area contributed by atoms with Gasteiger partial charge in [-0.25, -0.2) is 8.78 Å². The second-order valence-electron chi connectivity index (χ2n) is 4.58. The Morgan fingerprint density at radius 3 is 2.61 bits per heavy atom. The molecule has 1 aromatic rings. The summed E-state index contributed by atoms with van der Waals surface area (Å²) in [7, 11) is 1.79. The lowest BCUT2D eigenvalue weighted by atomic mass is 9.88. The van der Waals surface area contributed by atoms with Crippen molar-refractivity contribution in [3.05, 3.63) is 34.4 Å². The Morgan fingerprint density at radius 2 is 2.06 bits per heavy atom. The molecule has 3 unspecified atom stereocenters. The van der Waals surface area contributed by atoms with Gasteiger partial charge in [0.25, 0.3) is 0 Å². The van der Waals surface area contributed by atoms with Crippen molar-refractivity contribution in [1.29, 1.82) is 0 Å². The fourth-order valence-electron chi connectivity index (χ4n) is 2.56. The maximum atomic E-state index is 13.3. The molecule has 1 aromatic carbocycles. The van der Waals surface area contributed by atoms with E-state index >= 15 is 0 Å². The summed E-state index contributed by atoms with van der Waals surface area (Å²) in [6.07, 6.45) is 0.953. The summed E-state index contributed by atoms with van der Waals surface area (Å²) >= 11 is 6.01. The number of nitrogens with one attached hydrogen (secondary N) is 1. The minimum absolute atomic E-state index is 0.0756. The highest BCUT2D eigenvalue weighted by molar-refractivity contribution is 6.31. The van der Waals surface area contributed by atoms with Gasteiger partial charge in [-0.15, -0.1) is 0 Å². The largest absolute Gasteiger partial charge is 0.378 e. The van der Waals surface area contributed by atoms with Gasteiger partial charge < -0.3 is 10.1 Å². The van der Waals surface area contributed by atoms with Gasteiger partial charge in [0.1, 0.15) is 0 Å². The van der Waals surface area contributed by atoms with Crippen LogP contribution in [0.25, 0.3) is 0 Å². The Balaban J connectivity index is 2.35. The van der Waals surface area contributed by atoms with Crippen LogP contribution < -0.4 is 5.32 Å². The molecule has 0 saturated carbocycles. The van der Waals surface area contributed by atoms with Crippen LogP contribution in [0.5, 0.6) is 0 Å². The van der Waals surface area contributed by atoms with Crippen LogP contribution in [0, 0.1) is 17.6 Å². The minimum Gasteiger partial charge on any atom is -0.378 e. The molecule has 2 nitrogen and oxygen atoms in total. The summed E-state index contributed by atoms with van der Waals surface area (Å²) in [6.45, 7) is 2.67. The van der Waals surface area contributed by atoms with Gasteiger partial charge in [0.15, 0.2) is 11.6 Å². The number of rotatable bonds is 3. The van der Waals surface area contributed by atoms with E-state index in [4.69, 9.17) is 16.3 Å². The molecule has 1 N–H and O–H groups in total.